The number of rotatable bonds is 0. The van der Waals surface area contributed by atoms with Crippen molar-refractivity contribution in [3.8, 4) is 12.1 Å². The molecule has 2 nitrogen and oxygen atoms in total. The topological polar surface area (TPSA) is 47.6 Å². The van der Waals surface area contributed by atoms with E-state index in [2.05, 4.69) is 18.2 Å². The molecular formula is C13H8N2. The van der Waals surface area contributed by atoms with Crippen LogP contribution in [0.3, 0.4) is 0 Å². The predicted octanol–water partition coefficient (Wildman–Crippen LogP) is 2.28. The second-order valence-corrected chi connectivity index (χ2v) is 4.87. The molecule has 2 saturated carbocycles. The van der Waals surface area contributed by atoms with Crippen LogP contribution < -0.4 is 0 Å². The van der Waals surface area contributed by atoms with Crippen molar-refractivity contribution in [1.82, 2.24) is 0 Å². The molecule has 0 aromatic heterocycles. The molecule has 4 atom stereocenters. The minimum Gasteiger partial charge on any atom is -0.198 e. The lowest BCUT2D eigenvalue weighted by Gasteiger charge is -2.31. The van der Waals surface area contributed by atoms with Gasteiger partial charge in [-0.3, -0.25) is 0 Å². The van der Waals surface area contributed by atoms with Crippen LogP contribution in [-0.4, -0.2) is 0 Å². The second kappa shape index (κ2) is 1.92. The van der Waals surface area contributed by atoms with Gasteiger partial charge in [0.25, 0.3) is 0 Å². The molecule has 3 aliphatic carbocycles. The maximum Gasteiger partial charge on any atom is 0.0991 e. The summed E-state index contributed by atoms with van der Waals surface area (Å²) in [7, 11) is 0. The molecule has 0 radical (unpaired) electrons. The summed E-state index contributed by atoms with van der Waals surface area (Å²) < 4.78 is 0. The first-order valence-electron chi connectivity index (χ1n) is 5.28. The molecular weight excluding hydrogens is 184 g/mol. The summed E-state index contributed by atoms with van der Waals surface area (Å²) in [5.74, 6) is 1.56. The quantitative estimate of drug-likeness (QED) is 0.633. The molecule has 0 amide bonds. The fourth-order valence-corrected chi connectivity index (χ4v) is 3.89. The number of hydrogen-bond acceptors (Lipinski definition) is 2. The van der Waals surface area contributed by atoms with Gasteiger partial charge in [0.2, 0.25) is 0 Å². The number of nitrogens with zero attached hydrogens (tertiary/aromatic N) is 2. The summed E-state index contributed by atoms with van der Waals surface area (Å²) in [6.45, 7) is 0. The van der Waals surface area contributed by atoms with Crippen molar-refractivity contribution in [2.24, 2.45) is 11.3 Å². The smallest absolute Gasteiger partial charge is 0.0991 e. The first-order valence-corrected chi connectivity index (χ1v) is 5.28. The Morgan fingerprint density at radius 3 is 2.87 bits per heavy atom. The SMILES string of the molecule is N#Cc1ccc2c(c1)[C@H]1C[C@@H]3[C@@H]2[C@@]13C#N. The van der Waals surface area contributed by atoms with E-state index in [1.807, 2.05) is 12.1 Å². The van der Waals surface area contributed by atoms with Crippen molar-refractivity contribution in [2.45, 2.75) is 18.3 Å². The van der Waals surface area contributed by atoms with E-state index < -0.39 is 0 Å². The molecule has 0 aliphatic heterocycles. The molecule has 3 aliphatic rings. The largest absolute Gasteiger partial charge is 0.198 e. The summed E-state index contributed by atoms with van der Waals surface area (Å²) in [5.41, 5.74) is 3.31. The molecule has 4 rings (SSSR count). The maximum atomic E-state index is 9.25. The molecule has 0 spiro atoms. The lowest BCUT2D eigenvalue weighted by Crippen LogP contribution is -2.24. The summed E-state index contributed by atoms with van der Waals surface area (Å²) in [4.78, 5) is 0. The van der Waals surface area contributed by atoms with E-state index in [4.69, 9.17) is 5.26 Å². The van der Waals surface area contributed by atoms with Gasteiger partial charge in [0.05, 0.1) is 23.1 Å². The van der Waals surface area contributed by atoms with E-state index in [-0.39, 0.29) is 5.41 Å². The van der Waals surface area contributed by atoms with Crippen molar-refractivity contribution in [3.05, 3.63) is 34.9 Å². The van der Waals surface area contributed by atoms with Crippen molar-refractivity contribution in [3.63, 3.8) is 0 Å². The third-order valence-electron chi connectivity index (χ3n) is 4.61. The van der Waals surface area contributed by atoms with Gasteiger partial charge in [-0.2, -0.15) is 10.5 Å². The standard InChI is InChI=1S/C13H8N2/c14-5-7-1-2-8-9(3-7)10-4-11-12(8)13(10,11)6-15/h1-3,10-12H,4H2/t10-,11-,12-,13+/m1/s1. The summed E-state index contributed by atoms with van der Waals surface area (Å²) in [5, 5.41) is 18.1. The van der Waals surface area contributed by atoms with Crippen LogP contribution in [0.5, 0.6) is 0 Å². The van der Waals surface area contributed by atoms with E-state index in [0.717, 1.165) is 5.56 Å². The Morgan fingerprint density at radius 1 is 1.27 bits per heavy atom. The highest BCUT2D eigenvalue weighted by Crippen LogP contribution is 2.86. The predicted molar refractivity (Wildman–Crippen MR) is 52.8 cm³/mol. The molecule has 2 fully saturated rings. The van der Waals surface area contributed by atoms with Gasteiger partial charge in [-0.1, -0.05) is 6.07 Å². The van der Waals surface area contributed by atoms with E-state index in [9.17, 15) is 5.26 Å². The first-order chi connectivity index (χ1) is 7.32. The Hall–Kier alpha value is -1.80. The summed E-state index contributed by atoms with van der Waals surface area (Å²) in [6.07, 6.45) is 1.17. The van der Waals surface area contributed by atoms with E-state index in [0.29, 0.717) is 17.8 Å². The Labute approximate surface area is 87.8 Å². The van der Waals surface area contributed by atoms with E-state index >= 15 is 0 Å². The van der Waals surface area contributed by atoms with E-state index in [1.54, 1.807) is 0 Å². The maximum absolute atomic E-state index is 9.25. The zero-order valence-electron chi connectivity index (χ0n) is 8.07. The molecule has 1 aromatic carbocycles. The Balaban J connectivity index is 1.95. The summed E-state index contributed by atoms with van der Waals surface area (Å²) >= 11 is 0. The van der Waals surface area contributed by atoms with Crippen LogP contribution in [0.2, 0.25) is 0 Å². The average molecular weight is 192 g/mol. The van der Waals surface area contributed by atoms with Gasteiger partial charge < -0.3 is 0 Å². The molecule has 1 aromatic rings. The highest BCUT2D eigenvalue weighted by Gasteiger charge is 2.81. The second-order valence-electron chi connectivity index (χ2n) is 4.87. The molecule has 0 unspecified atom stereocenters. The normalized spacial score (nSPS) is 41.9. The summed E-state index contributed by atoms with van der Waals surface area (Å²) in [6, 6.07) is 10.6. The highest BCUT2D eigenvalue weighted by atomic mass is 14.8. The van der Waals surface area contributed by atoms with Crippen LogP contribution in [0.4, 0.5) is 0 Å². The Morgan fingerprint density at radius 2 is 2.13 bits per heavy atom. The lowest BCUT2D eigenvalue weighted by molar-refractivity contribution is 0.311. The van der Waals surface area contributed by atoms with Crippen molar-refractivity contribution >= 4 is 0 Å². The fraction of sp³-hybridized carbons (Fsp3) is 0.385. The average Bonchev–Trinajstić information content (AvgIpc) is 2.70. The minimum atomic E-state index is -0.0452. The van der Waals surface area contributed by atoms with Crippen molar-refractivity contribution in [2.75, 3.05) is 0 Å². The number of fused-ring (bicyclic) bond motifs is 4. The van der Waals surface area contributed by atoms with Gasteiger partial charge in [-0.25, -0.2) is 0 Å². The van der Waals surface area contributed by atoms with Gasteiger partial charge in [0, 0.05) is 11.8 Å². The molecule has 0 heterocycles. The minimum absolute atomic E-state index is 0.0452. The highest BCUT2D eigenvalue weighted by molar-refractivity contribution is 5.61. The molecule has 0 N–H and O–H groups in total. The van der Waals surface area contributed by atoms with Gasteiger partial charge in [-0.15, -0.1) is 0 Å². The van der Waals surface area contributed by atoms with Gasteiger partial charge >= 0.3 is 0 Å². The number of hydrogen-bond donors (Lipinski definition) is 0. The third-order valence-corrected chi connectivity index (χ3v) is 4.61. The Bertz CT molecular complexity index is 575. The number of benzene rings is 1. The molecule has 15 heavy (non-hydrogen) atoms. The van der Waals surface area contributed by atoms with Gasteiger partial charge in [0.1, 0.15) is 0 Å². The van der Waals surface area contributed by atoms with E-state index in [1.165, 1.54) is 17.5 Å². The fourth-order valence-electron chi connectivity index (χ4n) is 3.89. The Kier molecular flexibility index (Phi) is 0.960. The van der Waals surface area contributed by atoms with Crippen LogP contribution in [0, 0.1) is 34.0 Å². The van der Waals surface area contributed by atoms with Crippen LogP contribution >= 0.6 is 0 Å². The lowest BCUT2D eigenvalue weighted by atomic mass is 9.70. The third kappa shape index (κ3) is 0.546. The van der Waals surface area contributed by atoms with Crippen LogP contribution in [0.1, 0.15) is 34.9 Å². The van der Waals surface area contributed by atoms with Crippen LogP contribution in [0.25, 0.3) is 0 Å². The number of nitriles is 2. The molecule has 2 heteroatoms. The van der Waals surface area contributed by atoms with Crippen LogP contribution in [-0.2, 0) is 0 Å². The van der Waals surface area contributed by atoms with Crippen molar-refractivity contribution in [1.29, 1.82) is 10.5 Å². The molecule has 0 saturated heterocycles. The van der Waals surface area contributed by atoms with Crippen molar-refractivity contribution < 1.29 is 0 Å². The van der Waals surface area contributed by atoms with Gasteiger partial charge in [-0.05, 0) is 35.6 Å². The zero-order chi connectivity index (χ0) is 10.2. The molecule has 0 bridgehead atoms. The zero-order valence-corrected chi connectivity index (χ0v) is 8.07. The molecule has 70 valence electrons. The monoisotopic (exact) mass is 192 g/mol. The van der Waals surface area contributed by atoms with Gasteiger partial charge in [0.15, 0.2) is 0 Å². The van der Waals surface area contributed by atoms with Crippen LogP contribution in [0.15, 0.2) is 18.2 Å². The first kappa shape index (κ1) is 7.49.